The van der Waals surface area contributed by atoms with Crippen molar-refractivity contribution in [2.75, 3.05) is 11.9 Å². The highest BCUT2D eigenvalue weighted by Crippen LogP contribution is 2.27. The van der Waals surface area contributed by atoms with E-state index in [9.17, 15) is 4.79 Å². The maximum atomic E-state index is 11.8. The van der Waals surface area contributed by atoms with E-state index in [1.807, 2.05) is 20.8 Å². The van der Waals surface area contributed by atoms with Crippen LogP contribution in [-0.2, 0) is 4.79 Å². The summed E-state index contributed by atoms with van der Waals surface area (Å²) in [6.07, 6.45) is 0.915. The first kappa shape index (κ1) is 15.8. The van der Waals surface area contributed by atoms with Crippen LogP contribution in [0.4, 0.5) is 5.69 Å². The molecule has 0 saturated carbocycles. The number of ether oxygens (including phenoxy) is 1. The third kappa shape index (κ3) is 4.73. The second-order valence-electron chi connectivity index (χ2n) is 4.75. The van der Waals surface area contributed by atoms with Crippen LogP contribution in [0.15, 0.2) is 18.2 Å². The van der Waals surface area contributed by atoms with E-state index in [1.54, 1.807) is 18.2 Å². The molecule has 0 saturated heterocycles. The van der Waals surface area contributed by atoms with Gasteiger partial charge in [0.2, 0.25) is 5.91 Å². The summed E-state index contributed by atoms with van der Waals surface area (Å²) in [5, 5.41) is 3.22. The average Bonchev–Trinajstić information content (AvgIpc) is 2.36. The van der Waals surface area contributed by atoms with E-state index >= 15 is 0 Å². The Morgan fingerprint density at radius 1 is 1.47 bits per heavy atom. The predicted molar refractivity (Wildman–Crippen MR) is 78.7 cm³/mol. The van der Waals surface area contributed by atoms with Crippen LogP contribution in [0.5, 0.6) is 5.75 Å². The molecular formula is C14H21ClN2O2. The number of carbonyl (C=O) groups is 1. The molecule has 0 aliphatic carbocycles. The van der Waals surface area contributed by atoms with Crippen molar-refractivity contribution in [3.05, 3.63) is 23.2 Å². The first-order chi connectivity index (χ1) is 8.95. The fourth-order valence-electron chi connectivity index (χ4n) is 1.44. The standard InChI is InChI=1S/C14H21ClN2O2/c1-4-7-19-12-6-5-10(8-11(12)15)17-14(18)13(16)9(2)3/h5-6,8-9,13H,4,7,16H2,1-3H3,(H,17,18). The van der Waals surface area contributed by atoms with Crippen LogP contribution in [0.25, 0.3) is 0 Å². The molecule has 0 aromatic heterocycles. The molecule has 1 aromatic rings. The second-order valence-corrected chi connectivity index (χ2v) is 5.16. The Bertz CT molecular complexity index is 435. The van der Waals surface area contributed by atoms with Gasteiger partial charge in [-0.15, -0.1) is 0 Å². The first-order valence-corrected chi connectivity index (χ1v) is 6.82. The van der Waals surface area contributed by atoms with Crippen molar-refractivity contribution >= 4 is 23.2 Å². The molecule has 1 atom stereocenters. The Hall–Kier alpha value is -1.26. The molecule has 0 heterocycles. The van der Waals surface area contributed by atoms with E-state index in [1.165, 1.54) is 0 Å². The van der Waals surface area contributed by atoms with Gasteiger partial charge < -0.3 is 15.8 Å². The lowest BCUT2D eigenvalue weighted by molar-refractivity contribution is -0.118. The highest BCUT2D eigenvalue weighted by Gasteiger charge is 2.17. The molecule has 1 unspecified atom stereocenters. The molecule has 0 fully saturated rings. The van der Waals surface area contributed by atoms with E-state index in [0.717, 1.165) is 6.42 Å². The largest absolute Gasteiger partial charge is 0.492 e. The predicted octanol–water partition coefficient (Wildman–Crippen LogP) is 3.05. The average molecular weight is 285 g/mol. The molecule has 106 valence electrons. The second kappa shape index (κ2) is 7.36. The number of hydrogen-bond donors (Lipinski definition) is 2. The minimum Gasteiger partial charge on any atom is -0.492 e. The normalized spacial score (nSPS) is 12.3. The zero-order valence-electron chi connectivity index (χ0n) is 11.6. The van der Waals surface area contributed by atoms with E-state index in [2.05, 4.69) is 5.32 Å². The van der Waals surface area contributed by atoms with Crippen molar-refractivity contribution in [1.82, 2.24) is 0 Å². The molecule has 0 aliphatic rings. The van der Waals surface area contributed by atoms with E-state index < -0.39 is 6.04 Å². The third-order valence-electron chi connectivity index (χ3n) is 2.68. The minimum absolute atomic E-state index is 0.0858. The molecule has 19 heavy (non-hydrogen) atoms. The van der Waals surface area contributed by atoms with Gasteiger partial charge in [-0.05, 0) is 30.5 Å². The molecule has 4 nitrogen and oxygen atoms in total. The van der Waals surface area contributed by atoms with Gasteiger partial charge in [0, 0.05) is 5.69 Å². The topological polar surface area (TPSA) is 64.3 Å². The first-order valence-electron chi connectivity index (χ1n) is 6.44. The van der Waals surface area contributed by atoms with E-state index in [-0.39, 0.29) is 11.8 Å². The summed E-state index contributed by atoms with van der Waals surface area (Å²) < 4.78 is 5.46. The lowest BCUT2D eigenvalue weighted by Gasteiger charge is -2.16. The number of nitrogens with two attached hydrogens (primary N) is 1. The molecule has 1 rings (SSSR count). The highest BCUT2D eigenvalue weighted by molar-refractivity contribution is 6.32. The van der Waals surface area contributed by atoms with Gasteiger partial charge in [-0.25, -0.2) is 0 Å². The lowest BCUT2D eigenvalue weighted by atomic mass is 10.0. The molecule has 1 amide bonds. The number of halogens is 1. The lowest BCUT2D eigenvalue weighted by Crippen LogP contribution is -2.39. The minimum atomic E-state index is -0.533. The van der Waals surface area contributed by atoms with Gasteiger partial charge in [0.15, 0.2) is 0 Å². The fraction of sp³-hybridized carbons (Fsp3) is 0.500. The molecule has 1 aromatic carbocycles. The Morgan fingerprint density at radius 2 is 2.16 bits per heavy atom. The van der Waals surface area contributed by atoms with Gasteiger partial charge in [-0.3, -0.25) is 4.79 Å². The molecule has 0 radical (unpaired) electrons. The third-order valence-corrected chi connectivity index (χ3v) is 2.98. The van der Waals surface area contributed by atoms with E-state index in [0.29, 0.717) is 23.1 Å². The van der Waals surface area contributed by atoms with Crippen molar-refractivity contribution in [3.63, 3.8) is 0 Å². The Labute approximate surface area is 119 Å². The van der Waals surface area contributed by atoms with E-state index in [4.69, 9.17) is 22.1 Å². The molecule has 0 bridgehead atoms. The number of nitrogens with one attached hydrogen (secondary N) is 1. The molecule has 0 spiro atoms. The van der Waals surface area contributed by atoms with Gasteiger partial charge in [0.1, 0.15) is 5.75 Å². The van der Waals surface area contributed by atoms with Crippen LogP contribution >= 0.6 is 11.6 Å². The fourth-order valence-corrected chi connectivity index (χ4v) is 1.67. The van der Waals surface area contributed by atoms with Gasteiger partial charge in [0.05, 0.1) is 17.7 Å². The van der Waals surface area contributed by atoms with Crippen LogP contribution in [0.1, 0.15) is 27.2 Å². The SMILES string of the molecule is CCCOc1ccc(NC(=O)C(N)C(C)C)cc1Cl. The van der Waals surface area contributed by atoms with Crippen LogP contribution < -0.4 is 15.8 Å². The van der Waals surface area contributed by atoms with Crippen molar-refractivity contribution in [3.8, 4) is 5.75 Å². The summed E-state index contributed by atoms with van der Waals surface area (Å²) in [6.45, 7) is 6.44. The maximum absolute atomic E-state index is 11.8. The zero-order chi connectivity index (χ0) is 14.4. The van der Waals surface area contributed by atoms with Crippen molar-refractivity contribution < 1.29 is 9.53 Å². The summed E-state index contributed by atoms with van der Waals surface area (Å²) in [5.41, 5.74) is 6.39. The van der Waals surface area contributed by atoms with Gasteiger partial charge in [-0.1, -0.05) is 32.4 Å². The Kier molecular flexibility index (Phi) is 6.12. The van der Waals surface area contributed by atoms with Crippen LogP contribution in [-0.4, -0.2) is 18.6 Å². The number of carbonyl (C=O) groups excluding carboxylic acids is 1. The Balaban J connectivity index is 2.70. The molecular weight excluding hydrogens is 264 g/mol. The van der Waals surface area contributed by atoms with Crippen LogP contribution in [0.2, 0.25) is 5.02 Å². The van der Waals surface area contributed by atoms with Gasteiger partial charge >= 0.3 is 0 Å². The van der Waals surface area contributed by atoms with Gasteiger partial charge in [-0.2, -0.15) is 0 Å². The molecule has 5 heteroatoms. The summed E-state index contributed by atoms with van der Waals surface area (Å²) in [6, 6.07) is 4.63. The maximum Gasteiger partial charge on any atom is 0.241 e. The van der Waals surface area contributed by atoms with Crippen molar-refractivity contribution in [2.24, 2.45) is 11.7 Å². The van der Waals surface area contributed by atoms with Crippen LogP contribution in [0, 0.1) is 5.92 Å². The summed E-state index contributed by atoms with van der Waals surface area (Å²) in [7, 11) is 0. The summed E-state index contributed by atoms with van der Waals surface area (Å²) in [5.74, 6) is 0.491. The quantitative estimate of drug-likeness (QED) is 0.844. The van der Waals surface area contributed by atoms with Crippen molar-refractivity contribution in [1.29, 1.82) is 0 Å². The number of rotatable bonds is 6. The number of anilines is 1. The number of benzene rings is 1. The number of hydrogen-bond acceptors (Lipinski definition) is 3. The monoisotopic (exact) mass is 284 g/mol. The smallest absolute Gasteiger partial charge is 0.241 e. The molecule has 3 N–H and O–H groups in total. The van der Waals surface area contributed by atoms with Crippen molar-refractivity contribution in [2.45, 2.75) is 33.2 Å². The summed E-state index contributed by atoms with van der Waals surface area (Å²) >= 11 is 6.08. The van der Waals surface area contributed by atoms with Gasteiger partial charge in [0.25, 0.3) is 0 Å². The van der Waals surface area contributed by atoms with Crippen LogP contribution in [0.3, 0.4) is 0 Å². The molecule has 0 aliphatic heterocycles. The Morgan fingerprint density at radius 3 is 2.68 bits per heavy atom. The summed E-state index contributed by atoms with van der Waals surface area (Å²) in [4.78, 5) is 11.8. The zero-order valence-corrected chi connectivity index (χ0v) is 12.3. The number of amides is 1. The highest BCUT2D eigenvalue weighted by atomic mass is 35.5.